The predicted molar refractivity (Wildman–Crippen MR) is 158 cm³/mol. The van der Waals surface area contributed by atoms with Crippen molar-refractivity contribution in [3.63, 3.8) is 0 Å². The normalized spacial score (nSPS) is 21.5. The Morgan fingerprint density at radius 2 is 1.93 bits per heavy atom. The monoisotopic (exact) mass is 570 g/mol. The maximum atomic E-state index is 10.5. The number of rotatable bonds is 8. The Labute approximate surface area is 242 Å². The number of fused-ring (bicyclic) bond motifs is 2. The summed E-state index contributed by atoms with van der Waals surface area (Å²) in [5.41, 5.74) is 4.67. The Kier molecular flexibility index (Phi) is 6.52. The number of oxazole rings is 1. The van der Waals surface area contributed by atoms with E-state index in [1.165, 1.54) is 0 Å². The lowest BCUT2D eigenvalue weighted by Crippen LogP contribution is -2.35. The van der Waals surface area contributed by atoms with Crippen molar-refractivity contribution >= 4 is 33.8 Å². The van der Waals surface area contributed by atoms with Gasteiger partial charge < -0.3 is 34.4 Å². The molecule has 0 bridgehead atoms. The molecule has 218 valence electrons. The predicted octanol–water partition coefficient (Wildman–Crippen LogP) is 5.21. The van der Waals surface area contributed by atoms with Crippen molar-refractivity contribution in [1.82, 2.24) is 24.8 Å². The number of hydrogen-bond donors (Lipinski definition) is 4. The molecule has 1 aliphatic carbocycles. The molecule has 1 saturated carbocycles. The van der Waals surface area contributed by atoms with E-state index in [4.69, 9.17) is 23.9 Å². The molecule has 2 fully saturated rings. The first kappa shape index (κ1) is 26.7. The van der Waals surface area contributed by atoms with Crippen LogP contribution in [0.1, 0.15) is 50.3 Å². The van der Waals surface area contributed by atoms with Crippen LogP contribution >= 0.6 is 0 Å². The number of ether oxygens (including phenoxy) is 2. The van der Waals surface area contributed by atoms with Gasteiger partial charge in [-0.3, -0.25) is 4.90 Å². The average molecular weight is 571 g/mol. The fourth-order valence-corrected chi connectivity index (χ4v) is 5.67. The molecule has 11 heteroatoms. The van der Waals surface area contributed by atoms with E-state index in [0.717, 1.165) is 53.5 Å². The van der Waals surface area contributed by atoms with Crippen molar-refractivity contribution in [1.29, 1.82) is 0 Å². The second-order valence-corrected chi connectivity index (χ2v) is 11.5. The number of H-pyrrole nitrogens is 1. The van der Waals surface area contributed by atoms with Crippen molar-refractivity contribution in [3.05, 3.63) is 54.0 Å². The van der Waals surface area contributed by atoms with Crippen LogP contribution < -0.4 is 14.8 Å². The Morgan fingerprint density at radius 3 is 2.69 bits per heavy atom. The summed E-state index contributed by atoms with van der Waals surface area (Å²) in [5, 5.41) is 25.1. The van der Waals surface area contributed by atoms with E-state index in [0.29, 0.717) is 53.2 Å². The zero-order valence-electron chi connectivity index (χ0n) is 23.8. The van der Waals surface area contributed by atoms with Crippen molar-refractivity contribution in [2.45, 2.75) is 57.5 Å². The molecule has 4 heterocycles. The number of benzene rings is 2. The number of anilines is 2. The van der Waals surface area contributed by atoms with Gasteiger partial charge in [0.05, 0.1) is 23.8 Å². The number of aliphatic hydroxyl groups excluding tert-OH is 1. The van der Waals surface area contributed by atoms with Gasteiger partial charge in [-0.25, -0.2) is 4.98 Å². The highest BCUT2D eigenvalue weighted by molar-refractivity contribution is 5.99. The highest BCUT2D eigenvalue weighted by Crippen LogP contribution is 2.39. The summed E-state index contributed by atoms with van der Waals surface area (Å²) in [7, 11) is 1.59. The molecule has 4 N–H and O–H groups in total. The van der Waals surface area contributed by atoms with Gasteiger partial charge in [0.25, 0.3) is 0 Å². The van der Waals surface area contributed by atoms with Crippen LogP contribution in [0.2, 0.25) is 0 Å². The number of nitrogens with one attached hydrogen (secondary N) is 2. The highest BCUT2D eigenvalue weighted by atomic mass is 16.5. The van der Waals surface area contributed by atoms with E-state index in [1.807, 2.05) is 61.3 Å². The van der Waals surface area contributed by atoms with Crippen LogP contribution in [0.3, 0.4) is 0 Å². The fraction of sp³-hybridized carbons (Fsp3) is 0.387. The first-order chi connectivity index (χ1) is 20.3. The van der Waals surface area contributed by atoms with Crippen molar-refractivity contribution < 1.29 is 24.1 Å². The molecule has 11 nitrogen and oxygen atoms in total. The third kappa shape index (κ3) is 5.15. The molecule has 3 aromatic heterocycles. The van der Waals surface area contributed by atoms with Crippen LogP contribution in [0.15, 0.2) is 47.0 Å². The Bertz CT molecular complexity index is 1760. The zero-order chi connectivity index (χ0) is 29.0. The largest absolute Gasteiger partial charge is 0.495 e. The van der Waals surface area contributed by atoms with Crippen LogP contribution in [0.4, 0.5) is 11.6 Å². The van der Waals surface area contributed by atoms with Gasteiger partial charge >= 0.3 is 0 Å². The summed E-state index contributed by atoms with van der Waals surface area (Å²) in [6.45, 7) is 5.46. The molecule has 1 saturated heterocycles. The number of aromatic nitrogens is 4. The minimum atomic E-state index is -0.676. The SMILES string of the molecule is COc1cc(C(O)N2CC2)ccc1Nc1nc(O[C@H]2CC[C@@](C)(O)CC2)c2c(-c3ccc4nc(C)oc4c3)c[nH]c2n1. The molecule has 42 heavy (non-hydrogen) atoms. The summed E-state index contributed by atoms with van der Waals surface area (Å²) in [5.74, 6) is 1.97. The number of hydrogen-bond acceptors (Lipinski definition) is 10. The summed E-state index contributed by atoms with van der Waals surface area (Å²) < 4.78 is 18.0. The highest BCUT2D eigenvalue weighted by Gasteiger charge is 2.31. The molecule has 0 radical (unpaired) electrons. The summed E-state index contributed by atoms with van der Waals surface area (Å²) in [4.78, 5) is 19.3. The van der Waals surface area contributed by atoms with Crippen LogP contribution in [0.5, 0.6) is 11.6 Å². The van der Waals surface area contributed by atoms with Gasteiger partial charge in [0.1, 0.15) is 29.2 Å². The lowest BCUT2D eigenvalue weighted by molar-refractivity contribution is -0.0114. The van der Waals surface area contributed by atoms with Crippen molar-refractivity contribution in [2.24, 2.45) is 0 Å². The van der Waals surface area contributed by atoms with Crippen molar-refractivity contribution in [3.8, 4) is 22.8 Å². The van der Waals surface area contributed by atoms with Gasteiger partial charge in [-0.15, -0.1) is 0 Å². The molecule has 0 spiro atoms. The van der Waals surface area contributed by atoms with Crippen molar-refractivity contribution in [2.75, 3.05) is 25.5 Å². The second kappa shape index (κ2) is 10.3. The maximum absolute atomic E-state index is 10.5. The molecule has 2 aliphatic rings. The van der Waals surface area contributed by atoms with Gasteiger partial charge in [-0.1, -0.05) is 12.1 Å². The van der Waals surface area contributed by atoms with E-state index in [2.05, 4.69) is 15.3 Å². The summed E-state index contributed by atoms with van der Waals surface area (Å²) in [6, 6.07) is 11.4. The number of aromatic amines is 1. The van der Waals surface area contributed by atoms with E-state index in [1.54, 1.807) is 7.11 Å². The molecule has 5 aromatic rings. The lowest BCUT2D eigenvalue weighted by Gasteiger charge is -2.33. The molecule has 1 unspecified atom stereocenters. The average Bonchev–Trinajstić information content (AvgIpc) is 3.63. The lowest BCUT2D eigenvalue weighted by atomic mass is 9.85. The molecule has 0 amide bonds. The number of aryl methyl sites for hydroxylation is 1. The minimum Gasteiger partial charge on any atom is -0.495 e. The number of methoxy groups -OCH3 is 1. The van der Waals surface area contributed by atoms with Crippen LogP contribution in [0, 0.1) is 6.92 Å². The molecule has 2 aromatic carbocycles. The first-order valence-electron chi connectivity index (χ1n) is 14.3. The molecule has 1 atom stereocenters. The van der Waals surface area contributed by atoms with Gasteiger partial charge in [0, 0.05) is 31.8 Å². The number of nitrogens with zero attached hydrogens (tertiary/aromatic N) is 4. The first-order valence-corrected chi connectivity index (χ1v) is 14.3. The third-order valence-electron chi connectivity index (χ3n) is 8.19. The zero-order valence-corrected chi connectivity index (χ0v) is 23.8. The molecular weight excluding hydrogens is 536 g/mol. The minimum absolute atomic E-state index is 0.0916. The van der Waals surface area contributed by atoms with Crippen LogP contribution in [0.25, 0.3) is 33.3 Å². The quantitative estimate of drug-likeness (QED) is 0.184. The smallest absolute Gasteiger partial charge is 0.232 e. The van der Waals surface area contributed by atoms with Gasteiger partial charge in [0.15, 0.2) is 11.5 Å². The Morgan fingerprint density at radius 1 is 1.12 bits per heavy atom. The van der Waals surface area contributed by atoms with E-state index >= 15 is 0 Å². The van der Waals surface area contributed by atoms with E-state index in [-0.39, 0.29) is 6.10 Å². The maximum Gasteiger partial charge on any atom is 0.232 e. The fourth-order valence-electron chi connectivity index (χ4n) is 5.67. The second-order valence-electron chi connectivity index (χ2n) is 11.5. The summed E-state index contributed by atoms with van der Waals surface area (Å²) in [6.07, 6.45) is 3.91. The topological polar surface area (TPSA) is 142 Å². The van der Waals surface area contributed by atoms with Gasteiger partial charge in [0.2, 0.25) is 11.8 Å². The molecule has 7 rings (SSSR count). The molecule has 1 aliphatic heterocycles. The van der Waals surface area contributed by atoms with Crippen LogP contribution in [-0.2, 0) is 0 Å². The third-order valence-corrected chi connectivity index (χ3v) is 8.19. The Balaban J connectivity index is 1.27. The van der Waals surface area contributed by atoms with Gasteiger partial charge in [-0.05, 0) is 68.0 Å². The molecular formula is C31H34N6O5. The van der Waals surface area contributed by atoms with Gasteiger partial charge in [-0.2, -0.15) is 9.97 Å². The standard InChI is InChI=1S/C31H34N6O5/c1-17-33-23-6-4-18(14-25(23)41-17)21-16-32-27-26(21)28(42-20-8-10-31(2,39)11-9-20)36-30(35-27)34-22-7-5-19(15-24(22)40-3)29(38)37-12-13-37/h4-7,14-16,20,29,38-39H,8-13H2,1-3H3,(H2,32,34,35,36)/t20-,29?,31+. The summed E-state index contributed by atoms with van der Waals surface area (Å²) >= 11 is 0. The van der Waals surface area contributed by atoms with E-state index in [9.17, 15) is 10.2 Å². The Hall–Kier alpha value is -4.19. The van der Waals surface area contributed by atoms with E-state index < -0.39 is 11.8 Å². The number of aliphatic hydroxyl groups is 2. The van der Waals surface area contributed by atoms with Crippen LogP contribution in [-0.4, -0.2) is 67.0 Å².